The SMILES string of the molecule is CCN(/C=C/C1=C(Br)C(=O)c2ccccc2C1=O)CC. The molecule has 0 heterocycles. The maximum Gasteiger partial charge on any atom is 0.201 e. The normalized spacial score (nSPS) is 14.9. The second kappa shape index (κ2) is 6.18. The Bertz CT molecular complexity index is 613. The first-order valence-corrected chi connectivity index (χ1v) is 7.39. The Morgan fingerprint density at radius 1 is 1.05 bits per heavy atom. The van der Waals surface area contributed by atoms with Crippen molar-refractivity contribution in [2.75, 3.05) is 13.1 Å². The first kappa shape index (κ1) is 14.7. The molecule has 104 valence electrons. The number of halogens is 1. The standard InChI is InChI=1S/C16H16BrNO2/c1-3-18(4-2)10-9-13-14(17)16(20)12-8-6-5-7-11(12)15(13)19/h5-10H,3-4H2,1-2H3/b10-9+. The molecule has 0 fully saturated rings. The van der Waals surface area contributed by atoms with Gasteiger partial charge in [0.1, 0.15) is 0 Å². The van der Waals surface area contributed by atoms with E-state index in [9.17, 15) is 9.59 Å². The molecule has 0 aromatic heterocycles. The van der Waals surface area contributed by atoms with E-state index >= 15 is 0 Å². The Morgan fingerprint density at radius 2 is 1.60 bits per heavy atom. The van der Waals surface area contributed by atoms with Crippen LogP contribution >= 0.6 is 15.9 Å². The zero-order chi connectivity index (χ0) is 14.7. The topological polar surface area (TPSA) is 37.4 Å². The molecular weight excluding hydrogens is 318 g/mol. The number of Topliss-reactive ketones (excluding diaryl/α,β-unsaturated/α-hetero) is 2. The van der Waals surface area contributed by atoms with E-state index in [-0.39, 0.29) is 11.6 Å². The third-order valence-corrected chi connectivity index (χ3v) is 4.15. The van der Waals surface area contributed by atoms with Gasteiger partial charge in [0.25, 0.3) is 0 Å². The summed E-state index contributed by atoms with van der Waals surface area (Å²) in [7, 11) is 0. The Labute approximate surface area is 127 Å². The average molecular weight is 334 g/mol. The summed E-state index contributed by atoms with van der Waals surface area (Å²) in [6, 6.07) is 6.91. The number of hydrogen-bond donors (Lipinski definition) is 0. The number of benzene rings is 1. The van der Waals surface area contributed by atoms with Gasteiger partial charge in [0.15, 0.2) is 5.78 Å². The first-order chi connectivity index (χ1) is 9.60. The summed E-state index contributed by atoms with van der Waals surface area (Å²) in [6.45, 7) is 5.80. The lowest BCUT2D eigenvalue weighted by Crippen LogP contribution is -2.20. The van der Waals surface area contributed by atoms with E-state index in [0.717, 1.165) is 13.1 Å². The monoisotopic (exact) mass is 333 g/mol. The van der Waals surface area contributed by atoms with Crippen LogP contribution in [0.2, 0.25) is 0 Å². The fourth-order valence-electron chi connectivity index (χ4n) is 2.13. The van der Waals surface area contributed by atoms with Gasteiger partial charge in [0, 0.05) is 29.8 Å². The fourth-order valence-corrected chi connectivity index (χ4v) is 2.65. The van der Waals surface area contributed by atoms with Crippen molar-refractivity contribution in [1.29, 1.82) is 0 Å². The minimum absolute atomic E-state index is 0.115. The molecule has 0 unspecified atom stereocenters. The molecule has 0 saturated carbocycles. The van der Waals surface area contributed by atoms with E-state index < -0.39 is 0 Å². The fraction of sp³-hybridized carbons (Fsp3) is 0.250. The third-order valence-electron chi connectivity index (χ3n) is 3.36. The molecule has 4 heteroatoms. The van der Waals surface area contributed by atoms with Gasteiger partial charge in [-0.1, -0.05) is 24.3 Å². The van der Waals surface area contributed by atoms with Crippen LogP contribution in [0.1, 0.15) is 34.6 Å². The minimum Gasteiger partial charge on any atom is -0.378 e. The van der Waals surface area contributed by atoms with Gasteiger partial charge < -0.3 is 4.90 Å². The molecule has 1 aromatic carbocycles. The number of allylic oxidation sites excluding steroid dienone is 3. The van der Waals surface area contributed by atoms with Gasteiger partial charge in [0.2, 0.25) is 5.78 Å². The maximum absolute atomic E-state index is 12.5. The van der Waals surface area contributed by atoms with Crippen molar-refractivity contribution in [1.82, 2.24) is 4.90 Å². The highest BCUT2D eigenvalue weighted by atomic mass is 79.9. The van der Waals surface area contributed by atoms with Crippen LogP contribution < -0.4 is 0 Å². The predicted molar refractivity (Wildman–Crippen MR) is 83.1 cm³/mol. The van der Waals surface area contributed by atoms with Crippen molar-refractivity contribution in [3.63, 3.8) is 0 Å². The van der Waals surface area contributed by atoms with Crippen molar-refractivity contribution < 1.29 is 9.59 Å². The average Bonchev–Trinajstić information content (AvgIpc) is 2.49. The van der Waals surface area contributed by atoms with Gasteiger partial charge in [0.05, 0.1) is 4.48 Å². The van der Waals surface area contributed by atoms with Crippen LogP contribution in [0.3, 0.4) is 0 Å². The van der Waals surface area contributed by atoms with Crippen molar-refractivity contribution in [3.8, 4) is 0 Å². The number of rotatable bonds is 4. The van der Waals surface area contributed by atoms with Gasteiger partial charge in [-0.3, -0.25) is 9.59 Å². The third kappa shape index (κ3) is 2.61. The van der Waals surface area contributed by atoms with E-state index in [4.69, 9.17) is 0 Å². The summed E-state index contributed by atoms with van der Waals surface area (Å²) in [5.41, 5.74) is 1.35. The van der Waals surface area contributed by atoms with Crippen LogP contribution in [-0.4, -0.2) is 29.6 Å². The number of carbonyl (C=O) groups excluding carboxylic acids is 2. The Kier molecular flexibility index (Phi) is 4.55. The largest absolute Gasteiger partial charge is 0.378 e. The van der Waals surface area contributed by atoms with E-state index in [1.165, 1.54) is 0 Å². The lowest BCUT2D eigenvalue weighted by atomic mass is 9.89. The Balaban J connectivity index is 2.42. The molecule has 0 spiro atoms. The second-order valence-corrected chi connectivity index (χ2v) is 5.26. The molecule has 3 nitrogen and oxygen atoms in total. The van der Waals surface area contributed by atoms with Crippen LogP contribution in [0.5, 0.6) is 0 Å². The highest BCUT2D eigenvalue weighted by molar-refractivity contribution is 9.12. The van der Waals surface area contributed by atoms with Crippen LogP contribution in [0.15, 0.2) is 46.6 Å². The van der Waals surface area contributed by atoms with Gasteiger partial charge in [-0.25, -0.2) is 0 Å². The summed E-state index contributed by atoms with van der Waals surface area (Å²) in [4.78, 5) is 26.8. The van der Waals surface area contributed by atoms with Crippen LogP contribution in [0.4, 0.5) is 0 Å². The van der Waals surface area contributed by atoms with Crippen LogP contribution in [0.25, 0.3) is 0 Å². The predicted octanol–water partition coefficient (Wildman–Crippen LogP) is 3.57. The lowest BCUT2D eigenvalue weighted by molar-refractivity contribution is 0.0985. The van der Waals surface area contributed by atoms with E-state index in [1.807, 2.05) is 20.0 Å². The molecule has 0 amide bonds. The number of carbonyl (C=O) groups is 2. The zero-order valence-electron chi connectivity index (χ0n) is 11.5. The number of hydrogen-bond acceptors (Lipinski definition) is 3. The zero-order valence-corrected chi connectivity index (χ0v) is 13.1. The summed E-state index contributed by atoms with van der Waals surface area (Å²) in [5.74, 6) is -0.255. The minimum atomic E-state index is -0.139. The summed E-state index contributed by atoms with van der Waals surface area (Å²) < 4.78 is 0.338. The highest BCUT2D eigenvalue weighted by Gasteiger charge is 2.29. The maximum atomic E-state index is 12.5. The lowest BCUT2D eigenvalue weighted by Gasteiger charge is -2.18. The molecule has 0 N–H and O–H groups in total. The number of ketones is 2. The van der Waals surface area contributed by atoms with Gasteiger partial charge in [-0.2, -0.15) is 0 Å². The Morgan fingerprint density at radius 3 is 2.15 bits per heavy atom. The number of nitrogens with zero attached hydrogens (tertiary/aromatic N) is 1. The molecule has 1 aliphatic carbocycles. The van der Waals surface area contributed by atoms with Crippen molar-refractivity contribution >= 4 is 27.5 Å². The van der Waals surface area contributed by atoms with E-state index in [0.29, 0.717) is 21.2 Å². The van der Waals surface area contributed by atoms with E-state index in [1.54, 1.807) is 30.3 Å². The van der Waals surface area contributed by atoms with Crippen molar-refractivity contribution in [2.45, 2.75) is 13.8 Å². The molecule has 2 rings (SSSR count). The highest BCUT2D eigenvalue weighted by Crippen LogP contribution is 2.30. The van der Waals surface area contributed by atoms with Gasteiger partial charge in [-0.15, -0.1) is 0 Å². The molecule has 1 aromatic rings. The summed E-state index contributed by atoms with van der Waals surface area (Å²) in [5, 5.41) is 0. The summed E-state index contributed by atoms with van der Waals surface area (Å²) >= 11 is 3.26. The summed E-state index contributed by atoms with van der Waals surface area (Å²) in [6.07, 6.45) is 3.57. The van der Waals surface area contributed by atoms with E-state index in [2.05, 4.69) is 20.8 Å². The molecule has 0 aliphatic heterocycles. The number of fused-ring (bicyclic) bond motifs is 1. The molecule has 0 bridgehead atoms. The quantitative estimate of drug-likeness (QED) is 0.845. The molecule has 0 saturated heterocycles. The molecule has 0 atom stereocenters. The molecule has 1 aliphatic rings. The van der Waals surface area contributed by atoms with Crippen molar-refractivity contribution in [3.05, 3.63) is 57.7 Å². The smallest absolute Gasteiger partial charge is 0.201 e. The molecule has 0 radical (unpaired) electrons. The molecule has 20 heavy (non-hydrogen) atoms. The van der Waals surface area contributed by atoms with Crippen LogP contribution in [0, 0.1) is 0 Å². The first-order valence-electron chi connectivity index (χ1n) is 6.60. The second-order valence-electron chi connectivity index (χ2n) is 4.47. The van der Waals surface area contributed by atoms with Gasteiger partial charge >= 0.3 is 0 Å². The van der Waals surface area contributed by atoms with Crippen molar-refractivity contribution in [2.24, 2.45) is 0 Å². The Hall–Kier alpha value is -1.68. The van der Waals surface area contributed by atoms with Crippen LogP contribution in [-0.2, 0) is 0 Å². The van der Waals surface area contributed by atoms with Gasteiger partial charge in [-0.05, 0) is 42.1 Å². The molecular formula is C16H16BrNO2.